The summed E-state index contributed by atoms with van der Waals surface area (Å²) in [5, 5.41) is 63.3. The molecule has 0 bridgehead atoms. The molecule has 0 radical (unpaired) electrons. The van der Waals surface area contributed by atoms with Gasteiger partial charge in [0.1, 0.15) is 30.5 Å². The number of hydrogen-bond donors (Lipinski definition) is 7. The molecule has 0 aromatic carbocycles. The lowest BCUT2D eigenvalue weighted by Crippen LogP contribution is -2.60. The number of ether oxygens (including phenoxy) is 2. The second kappa shape index (κ2) is 25.9. The Labute approximate surface area is 282 Å². The molecule has 7 N–H and O–H groups in total. The van der Waals surface area contributed by atoms with E-state index in [1.807, 2.05) is 6.92 Å². The number of hydrogen-bond acceptors (Lipinski definition) is 9. The highest BCUT2D eigenvalue weighted by Crippen LogP contribution is 2.22. The number of carbonyl (C=O) groups is 1. The van der Waals surface area contributed by atoms with Crippen LogP contribution < -0.4 is 5.32 Å². The first-order valence-electron chi connectivity index (χ1n) is 14.8. The van der Waals surface area contributed by atoms with Gasteiger partial charge < -0.3 is 45.4 Å². The zero-order valence-electron chi connectivity index (χ0n) is 26.5. The molecule has 1 fully saturated rings. The van der Waals surface area contributed by atoms with Gasteiger partial charge in [-0.2, -0.15) is 0 Å². The predicted molar refractivity (Wildman–Crippen MR) is 176 cm³/mol. The Morgan fingerprint density at radius 1 is 0.729 bits per heavy atom. The van der Waals surface area contributed by atoms with Crippen molar-refractivity contribution < 1.29 is 44.9 Å². The minimum absolute atomic E-state index is 0.252. The van der Waals surface area contributed by atoms with E-state index in [1.165, 1.54) is 0 Å². The van der Waals surface area contributed by atoms with E-state index in [9.17, 15) is 35.4 Å². The summed E-state index contributed by atoms with van der Waals surface area (Å²) in [4.78, 5) is 12.5. The third kappa shape index (κ3) is 17.4. The molecule has 0 aromatic heterocycles. The second-order valence-corrected chi connectivity index (χ2v) is 9.64. The Bertz CT molecular complexity index is 1720. The Balaban J connectivity index is 2.81. The van der Waals surface area contributed by atoms with Crippen LogP contribution >= 0.6 is 0 Å². The summed E-state index contributed by atoms with van der Waals surface area (Å²) in [6, 6.07) is -1.22. The fourth-order valence-electron chi connectivity index (χ4n) is 3.70. The number of unbranched alkanes of at least 4 members (excludes halogenated alkanes) is 3. The normalized spacial score (nSPS) is 19.9. The van der Waals surface area contributed by atoms with E-state index < -0.39 is 68.1 Å². The summed E-state index contributed by atoms with van der Waals surface area (Å²) in [5.41, 5.74) is 0. The average Bonchev–Trinajstić information content (AvgIpc) is 3.08. The van der Waals surface area contributed by atoms with Crippen LogP contribution in [0.3, 0.4) is 0 Å². The molecule has 8 atom stereocenters. The number of nitrogens with one attached hydrogen (secondary N) is 1. The van der Waals surface area contributed by atoms with Crippen LogP contribution in [0.1, 0.15) is 46.0 Å². The van der Waals surface area contributed by atoms with Crippen LogP contribution in [0.4, 0.5) is 0 Å². The van der Waals surface area contributed by atoms with Crippen molar-refractivity contribution in [3.05, 3.63) is 0 Å². The lowest BCUT2D eigenvalue weighted by Gasteiger charge is -2.40. The van der Waals surface area contributed by atoms with Gasteiger partial charge in [-0.25, -0.2) is 0 Å². The van der Waals surface area contributed by atoms with E-state index in [0.29, 0.717) is 6.42 Å². The molecule has 246 valence electrons. The monoisotopic (exact) mass is 649 g/mol. The average molecular weight is 650 g/mol. The van der Waals surface area contributed by atoms with E-state index in [1.54, 1.807) is 6.92 Å². The zero-order chi connectivity index (χ0) is 35.4. The van der Waals surface area contributed by atoms with Gasteiger partial charge in [-0.3, -0.25) is 4.79 Å². The maximum absolute atomic E-state index is 12.5. The quantitative estimate of drug-likeness (QED) is 0.0938. The van der Waals surface area contributed by atoms with Crippen LogP contribution in [-0.4, -0.2) is 98.7 Å². The van der Waals surface area contributed by atoms with E-state index in [4.69, 9.17) is 9.47 Å². The smallest absolute Gasteiger partial charge is 0.297 e. The van der Waals surface area contributed by atoms with Gasteiger partial charge in [0, 0.05) is 17.8 Å². The Morgan fingerprint density at radius 3 is 1.71 bits per heavy atom. The van der Waals surface area contributed by atoms with Gasteiger partial charge in [0.2, 0.25) is 0 Å². The van der Waals surface area contributed by atoms with Gasteiger partial charge in [-0.15, -0.1) is 0 Å². The van der Waals surface area contributed by atoms with Gasteiger partial charge in [-0.1, -0.05) is 38.5 Å². The fourth-order valence-corrected chi connectivity index (χ4v) is 3.70. The second-order valence-electron chi connectivity index (χ2n) is 9.64. The first kappa shape index (κ1) is 40.8. The topological polar surface area (TPSA) is 169 Å². The fraction of sp³-hybridized carbons (Fsp3) is 0.447. The van der Waals surface area contributed by atoms with Crippen LogP contribution in [0.25, 0.3) is 0 Å². The molecule has 1 heterocycles. The van der Waals surface area contributed by atoms with Gasteiger partial charge in [-0.05, 0) is 108 Å². The van der Waals surface area contributed by atoms with Gasteiger partial charge in [0.25, 0.3) is 5.91 Å². The summed E-state index contributed by atoms with van der Waals surface area (Å²) in [7, 11) is 0. The predicted octanol–water partition coefficient (Wildman–Crippen LogP) is -1.97. The molecule has 48 heavy (non-hydrogen) atoms. The number of amides is 1. The summed E-state index contributed by atoms with van der Waals surface area (Å²) < 4.78 is 10.8. The molecule has 1 saturated heterocycles. The molecule has 0 aromatic rings. The van der Waals surface area contributed by atoms with Gasteiger partial charge in [0.05, 0.1) is 25.4 Å². The number of aliphatic hydroxyl groups excluding tert-OH is 6. The minimum Gasteiger partial charge on any atom is -0.394 e. The number of rotatable bonds is 12. The summed E-state index contributed by atoms with van der Waals surface area (Å²) >= 11 is 0. The van der Waals surface area contributed by atoms with Crippen LogP contribution in [0.15, 0.2) is 0 Å². The summed E-state index contributed by atoms with van der Waals surface area (Å²) in [6.45, 7) is 2.56. The first-order valence-corrected chi connectivity index (χ1v) is 14.8. The third-order valence-electron chi connectivity index (χ3n) is 6.13. The molecular formula is C38H35NO9. The lowest BCUT2D eigenvalue weighted by molar-refractivity contribution is -0.303. The minimum atomic E-state index is -1.69. The summed E-state index contributed by atoms with van der Waals surface area (Å²) in [5.74, 6) is 48.1. The van der Waals surface area contributed by atoms with Crippen LogP contribution in [0.5, 0.6) is 0 Å². The van der Waals surface area contributed by atoms with E-state index in [0.717, 1.165) is 19.3 Å². The van der Waals surface area contributed by atoms with Crippen molar-refractivity contribution in [1.29, 1.82) is 0 Å². The molecule has 1 aliphatic heterocycles. The Kier molecular flexibility index (Phi) is 22.0. The van der Waals surface area contributed by atoms with Gasteiger partial charge in [0.15, 0.2) is 6.29 Å². The number of carbonyl (C=O) groups excluding carboxylic acids is 1. The van der Waals surface area contributed by atoms with Crippen molar-refractivity contribution in [2.45, 2.75) is 94.9 Å². The van der Waals surface area contributed by atoms with Crippen molar-refractivity contribution in [1.82, 2.24) is 5.32 Å². The molecule has 5 unspecified atom stereocenters. The maximum atomic E-state index is 12.5. The molecule has 0 aliphatic carbocycles. The standard InChI is InChI=1S/C38H35NO9/c1-3-5-7-9-10-11-12-13-14-15-16-17-18-19-20-21-22-23-25-27-33(42)39-30(34(43)31(41)26-24-8-6-4-2)29-47-38-37(46)36(45)35(44)32(28-40)48-38/h30-32,34-38,40-41,43-46H,4,6,8,24,26,28-29H2,1-2H3,(H,39,42)/t30-,31+,32?,34-,35?,36?,37?,38?/m0/s1. The molecule has 10 heteroatoms. The Morgan fingerprint density at radius 2 is 1.23 bits per heavy atom. The van der Waals surface area contributed by atoms with E-state index in [2.05, 4.69) is 124 Å². The molecule has 1 aliphatic rings. The highest BCUT2D eigenvalue weighted by molar-refractivity contribution is 5.94. The van der Waals surface area contributed by atoms with Crippen LogP contribution in [-0.2, 0) is 14.3 Å². The van der Waals surface area contributed by atoms with Crippen molar-refractivity contribution >= 4 is 5.91 Å². The van der Waals surface area contributed by atoms with Crippen LogP contribution in [0, 0.1) is 118 Å². The first-order chi connectivity index (χ1) is 23.3. The molecule has 1 amide bonds. The van der Waals surface area contributed by atoms with Crippen molar-refractivity contribution in [3.63, 3.8) is 0 Å². The maximum Gasteiger partial charge on any atom is 0.297 e. The lowest BCUT2D eigenvalue weighted by atomic mass is 9.99. The zero-order valence-corrected chi connectivity index (χ0v) is 26.5. The van der Waals surface area contributed by atoms with Gasteiger partial charge >= 0.3 is 0 Å². The highest BCUT2D eigenvalue weighted by atomic mass is 16.7. The summed E-state index contributed by atoms with van der Waals surface area (Å²) in [6.07, 6.45) is -6.73. The van der Waals surface area contributed by atoms with Crippen molar-refractivity contribution in [2.75, 3.05) is 13.2 Å². The van der Waals surface area contributed by atoms with E-state index >= 15 is 0 Å². The van der Waals surface area contributed by atoms with Crippen molar-refractivity contribution in [2.24, 2.45) is 0 Å². The number of aliphatic hydroxyl groups is 6. The molecular weight excluding hydrogens is 614 g/mol. The Hall–Kier alpha value is -5.25. The SMILES string of the molecule is CC#CC#CC#CC#CC#CC#CC#CC#CC#CC#CC(=O)N[C@@H](COC1OC(CO)C(O)C(O)C1O)[C@H](O)[C@H](O)CCCCCC. The highest BCUT2D eigenvalue weighted by Gasteiger charge is 2.44. The molecule has 1 rings (SSSR count). The van der Waals surface area contributed by atoms with Crippen LogP contribution in [0.2, 0.25) is 0 Å². The third-order valence-corrected chi connectivity index (χ3v) is 6.13. The molecule has 0 spiro atoms. The molecule has 0 saturated carbocycles. The largest absolute Gasteiger partial charge is 0.394 e. The van der Waals surface area contributed by atoms with Crippen molar-refractivity contribution in [3.8, 4) is 118 Å². The van der Waals surface area contributed by atoms with E-state index in [-0.39, 0.29) is 6.42 Å². The molecule has 10 nitrogen and oxygen atoms in total.